The van der Waals surface area contributed by atoms with Crippen molar-refractivity contribution in [1.82, 2.24) is 9.80 Å². The highest BCUT2D eigenvalue weighted by Crippen LogP contribution is 2.15. The number of hydrogen-bond donors (Lipinski definition) is 1. The fourth-order valence-corrected chi connectivity index (χ4v) is 3.17. The lowest BCUT2D eigenvalue weighted by Gasteiger charge is -2.27. The summed E-state index contributed by atoms with van der Waals surface area (Å²) in [5.74, 6) is -0.000723. The molecule has 0 saturated carbocycles. The molecule has 1 heterocycles. The third-order valence-corrected chi connectivity index (χ3v) is 4.81. The van der Waals surface area contributed by atoms with Gasteiger partial charge in [0.25, 0.3) is 0 Å². The molecular formula is C19H33Cl2N3O. The van der Waals surface area contributed by atoms with Gasteiger partial charge in [-0.3, -0.25) is 9.69 Å². The second kappa shape index (κ2) is 11.7. The summed E-state index contributed by atoms with van der Waals surface area (Å²) in [6, 6.07) is 8.56. The number of hydrogen-bond acceptors (Lipinski definition) is 3. The fraction of sp³-hybridized carbons (Fsp3) is 0.632. The molecular weight excluding hydrogens is 357 g/mol. The van der Waals surface area contributed by atoms with Crippen molar-refractivity contribution in [2.24, 2.45) is 5.73 Å². The third kappa shape index (κ3) is 7.53. The van der Waals surface area contributed by atoms with Crippen LogP contribution in [0.25, 0.3) is 0 Å². The Morgan fingerprint density at radius 2 is 1.60 bits per heavy atom. The number of rotatable bonds is 6. The quantitative estimate of drug-likeness (QED) is 0.811. The van der Waals surface area contributed by atoms with Gasteiger partial charge < -0.3 is 10.6 Å². The number of piperidine rings is 1. The SMILES string of the molecule is CC(N)C(=O)N(C)C(C)Cc1ccc(CN2CCCCC2)cc1.Cl.Cl. The second-order valence-electron chi connectivity index (χ2n) is 6.94. The Bertz CT molecular complexity index is 502. The molecule has 1 fully saturated rings. The summed E-state index contributed by atoms with van der Waals surface area (Å²) < 4.78 is 0. The lowest BCUT2D eigenvalue weighted by Crippen LogP contribution is -2.44. The molecule has 1 aliphatic heterocycles. The molecule has 2 unspecified atom stereocenters. The van der Waals surface area contributed by atoms with Crippen LogP contribution in [0.4, 0.5) is 0 Å². The summed E-state index contributed by atoms with van der Waals surface area (Å²) in [5, 5.41) is 0. The minimum Gasteiger partial charge on any atom is -0.341 e. The van der Waals surface area contributed by atoms with E-state index in [0.717, 1.165) is 13.0 Å². The summed E-state index contributed by atoms with van der Waals surface area (Å²) in [7, 11) is 1.83. The van der Waals surface area contributed by atoms with E-state index in [1.165, 1.54) is 43.5 Å². The van der Waals surface area contributed by atoms with E-state index in [2.05, 4.69) is 36.1 Å². The molecule has 4 nitrogen and oxygen atoms in total. The molecule has 2 rings (SSSR count). The van der Waals surface area contributed by atoms with E-state index < -0.39 is 6.04 Å². The Morgan fingerprint density at radius 3 is 2.12 bits per heavy atom. The van der Waals surface area contributed by atoms with Gasteiger partial charge in [0.1, 0.15) is 0 Å². The zero-order chi connectivity index (χ0) is 16.8. The van der Waals surface area contributed by atoms with Crippen molar-refractivity contribution < 1.29 is 4.79 Å². The van der Waals surface area contributed by atoms with Gasteiger partial charge in [-0.25, -0.2) is 0 Å². The molecule has 1 saturated heterocycles. The first-order chi connectivity index (χ1) is 11.0. The third-order valence-electron chi connectivity index (χ3n) is 4.81. The van der Waals surface area contributed by atoms with Crippen molar-refractivity contribution in [2.45, 2.75) is 58.2 Å². The minimum absolute atomic E-state index is 0. The van der Waals surface area contributed by atoms with Crippen LogP contribution in [-0.4, -0.2) is 47.9 Å². The fourth-order valence-electron chi connectivity index (χ4n) is 3.17. The van der Waals surface area contributed by atoms with E-state index in [-0.39, 0.29) is 36.8 Å². The number of carbonyl (C=O) groups is 1. The molecule has 1 amide bonds. The van der Waals surface area contributed by atoms with Gasteiger partial charge in [0.15, 0.2) is 0 Å². The normalized spacial score (nSPS) is 17.0. The number of nitrogens with zero attached hydrogens (tertiary/aromatic N) is 2. The zero-order valence-corrected chi connectivity index (χ0v) is 17.2. The average molecular weight is 390 g/mol. The molecule has 2 N–H and O–H groups in total. The van der Waals surface area contributed by atoms with Gasteiger partial charge >= 0.3 is 0 Å². The van der Waals surface area contributed by atoms with Crippen molar-refractivity contribution in [3.05, 3.63) is 35.4 Å². The molecule has 0 aliphatic carbocycles. The summed E-state index contributed by atoms with van der Waals surface area (Å²) in [6.07, 6.45) is 4.89. The van der Waals surface area contributed by atoms with E-state index in [0.29, 0.717) is 0 Å². The highest BCUT2D eigenvalue weighted by Gasteiger charge is 2.19. The Labute approximate surface area is 164 Å². The first-order valence-electron chi connectivity index (χ1n) is 8.80. The van der Waals surface area contributed by atoms with Crippen LogP contribution in [0.2, 0.25) is 0 Å². The predicted molar refractivity (Wildman–Crippen MR) is 110 cm³/mol. The molecule has 1 aromatic carbocycles. The van der Waals surface area contributed by atoms with Crippen molar-refractivity contribution in [2.75, 3.05) is 20.1 Å². The summed E-state index contributed by atoms with van der Waals surface area (Å²) >= 11 is 0. The highest BCUT2D eigenvalue weighted by atomic mass is 35.5. The maximum Gasteiger partial charge on any atom is 0.239 e. The standard InChI is InChI=1S/C19H31N3O.2ClH/c1-15(21(3)19(23)16(2)20)13-17-7-9-18(10-8-17)14-22-11-5-4-6-12-22;;/h7-10,15-16H,4-6,11-14,20H2,1-3H3;2*1H. The van der Waals surface area contributed by atoms with Gasteiger partial charge in [-0.1, -0.05) is 30.7 Å². The zero-order valence-electron chi connectivity index (χ0n) is 15.6. The van der Waals surface area contributed by atoms with Gasteiger partial charge in [0.2, 0.25) is 5.91 Å². The molecule has 0 aromatic heterocycles. The van der Waals surface area contributed by atoms with Gasteiger partial charge in [-0.15, -0.1) is 24.8 Å². The first kappa shape index (κ1) is 24.2. The number of benzene rings is 1. The average Bonchev–Trinajstić information content (AvgIpc) is 2.56. The smallest absolute Gasteiger partial charge is 0.239 e. The highest BCUT2D eigenvalue weighted by molar-refractivity contribution is 5.85. The van der Waals surface area contributed by atoms with Gasteiger partial charge in [-0.2, -0.15) is 0 Å². The Balaban J connectivity index is 0.00000288. The van der Waals surface area contributed by atoms with E-state index in [1.807, 2.05) is 7.05 Å². The molecule has 0 radical (unpaired) electrons. The van der Waals surface area contributed by atoms with E-state index in [9.17, 15) is 4.79 Å². The Morgan fingerprint density at radius 1 is 1.08 bits per heavy atom. The number of halogens is 2. The predicted octanol–water partition coefficient (Wildman–Crippen LogP) is 3.25. The van der Waals surface area contributed by atoms with Crippen molar-refractivity contribution in [3.8, 4) is 0 Å². The number of likely N-dealkylation sites (tertiary alicyclic amines) is 1. The molecule has 6 heteroatoms. The Kier molecular flexibility index (Phi) is 11.4. The van der Waals surface area contributed by atoms with Crippen LogP contribution in [-0.2, 0) is 17.8 Å². The van der Waals surface area contributed by atoms with Crippen molar-refractivity contribution >= 4 is 30.7 Å². The van der Waals surface area contributed by atoms with E-state index in [1.54, 1.807) is 11.8 Å². The van der Waals surface area contributed by atoms with Crippen LogP contribution in [0.15, 0.2) is 24.3 Å². The van der Waals surface area contributed by atoms with Crippen molar-refractivity contribution in [1.29, 1.82) is 0 Å². The lowest BCUT2D eigenvalue weighted by molar-refractivity contribution is -0.132. The minimum atomic E-state index is -0.436. The topological polar surface area (TPSA) is 49.6 Å². The molecule has 0 spiro atoms. The molecule has 2 atom stereocenters. The number of nitrogens with two attached hydrogens (primary N) is 1. The number of carbonyl (C=O) groups excluding carboxylic acids is 1. The Hall–Kier alpha value is -0.810. The van der Waals surface area contributed by atoms with Gasteiger partial charge in [0.05, 0.1) is 6.04 Å². The van der Waals surface area contributed by atoms with E-state index in [4.69, 9.17) is 5.73 Å². The molecule has 0 bridgehead atoms. The molecule has 1 aromatic rings. The number of likely N-dealkylation sites (N-methyl/N-ethyl adjacent to an activating group) is 1. The maximum absolute atomic E-state index is 11.9. The van der Waals surface area contributed by atoms with Crippen LogP contribution in [0.3, 0.4) is 0 Å². The van der Waals surface area contributed by atoms with Crippen LogP contribution in [0.1, 0.15) is 44.2 Å². The first-order valence-corrected chi connectivity index (χ1v) is 8.80. The largest absolute Gasteiger partial charge is 0.341 e. The van der Waals surface area contributed by atoms with Gasteiger partial charge in [0, 0.05) is 19.6 Å². The lowest BCUT2D eigenvalue weighted by atomic mass is 10.0. The molecule has 25 heavy (non-hydrogen) atoms. The maximum atomic E-state index is 11.9. The van der Waals surface area contributed by atoms with Crippen LogP contribution in [0.5, 0.6) is 0 Å². The summed E-state index contributed by atoms with van der Waals surface area (Å²) in [5.41, 5.74) is 8.33. The second-order valence-corrected chi connectivity index (χ2v) is 6.94. The number of amides is 1. The van der Waals surface area contributed by atoms with Crippen LogP contribution < -0.4 is 5.73 Å². The summed E-state index contributed by atoms with van der Waals surface area (Å²) in [4.78, 5) is 16.2. The summed E-state index contributed by atoms with van der Waals surface area (Å²) in [6.45, 7) is 7.31. The van der Waals surface area contributed by atoms with Crippen LogP contribution >= 0.6 is 24.8 Å². The van der Waals surface area contributed by atoms with Crippen molar-refractivity contribution in [3.63, 3.8) is 0 Å². The van der Waals surface area contributed by atoms with Crippen LogP contribution in [0, 0.1) is 0 Å². The van der Waals surface area contributed by atoms with Gasteiger partial charge in [-0.05, 0) is 57.3 Å². The van der Waals surface area contributed by atoms with E-state index >= 15 is 0 Å². The molecule has 1 aliphatic rings. The monoisotopic (exact) mass is 389 g/mol. The molecule has 144 valence electrons.